The second-order valence-corrected chi connectivity index (χ2v) is 4.38. The van der Waals surface area contributed by atoms with Gasteiger partial charge in [0.05, 0.1) is 31.5 Å². The number of hydrogen-bond donors (Lipinski definition) is 2. The number of hydrogen-bond acceptors (Lipinski definition) is 6. The van der Waals surface area contributed by atoms with Crippen LogP contribution >= 0.6 is 0 Å². The van der Waals surface area contributed by atoms with Crippen LogP contribution in [0.1, 0.15) is 10.4 Å². The normalized spacial score (nSPS) is 14.1. The minimum absolute atomic E-state index is 0.0739. The molecule has 8 heteroatoms. The summed E-state index contributed by atoms with van der Waals surface area (Å²) in [5.74, 6) is -2.65. The van der Waals surface area contributed by atoms with Crippen LogP contribution in [-0.4, -0.2) is 48.1 Å². The topological polar surface area (TPSA) is 95.9 Å². The van der Waals surface area contributed by atoms with Crippen LogP contribution in [-0.2, 0) is 14.3 Å². The number of carbonyl (C=O) groups excluding carboxylic acids is 3. The third kappa shape index (κ3) is 2.96. The highest BCUT2D eigenvalue weighted by atomic mass is 19.1. The molecule has 0 spiro atoms. The molecule has 2 N–H and O–H groups in total. The summed E-state index contributed by atoms with van der Waals surface area (Å²) in [6.07, 6.45) is 1.04. The predicted octanol–water partition coefficient (Wildman–Crippen LogP) is 0.269. The number of carbonyl (C=O) groups is 3. The second kappa shape index (κ2) is 6.35. The summed E-state index contributed by atoms with van der Waals surface area (Å²) in [4.78, 5) is 36.1. The highest BCUT2D eigenvalue weighted by molar-refractivity contribution is 6.17. The summed E-state index contributed by atoms with van der Waals surface area (Å²) >= 11 is 0. The lowest BCUT2D eigenvalue weighted by atomic mass is 10.1. The first kappa shape index (κ1) is 15.6. The number of imide groups is 1. The zero-order chi connectivity index (χ0) is 16.3. The summed E-state index contributed by atoms with van der Waals surface area (Å²) in [5.41, 5.74) is -0.0500. The first-order chi connectivity index (χ1) is 10.5. The second-order valence-electron chi connectivity index (χ2n) is 4.38. The SMILES string of the molecule is COC(=O)c1cc(F)ccc1NC1=CC(=O)N(CCO)C1=O. The number of β-amino-alcohol motifs (C(OH)–C–C–N with tert-alkyl or cyclic N) is 1. The molecule has 0 saturated heterocycles. The number of nitrogens with zero attached hydrogens (tertiary/aromatic N) is 1. The molecular formula is C14H13FN2O5. The molecule has 1 aromatic carbocycles. The van der Waals surface area contributed by atoms with E-state index >= 15 is 0 Å². The van der Waals surface area contributed by atoms with Crippen LogP contribution in [0.5, 0.6) is 0 Å². The summed E-state index contributed by atoms with van der Waals surface area (Å²) in [7, 11) is 1.14. The third-order valence-electron chi connectivity index (χ3n) is 2.99. The fraction of sp³-hybridized carbons (Fsp3) is 0.214. The van der Waals surface area contributed by atoms with E-state index in [2.05, 4.69) is 10.1 Å². The van der Waals surface area contributed by atoms with Gasteiger partial charge < -0.3 is 15.2 Å². The van der Waals surface area contributed by atoms with Gasteiger partial charge in [-0.25, -0.2) is 9.18 Å². The van der Waals surface area contributed by atoms with Gasteiger partial charge in [-0.3, -0.25) is 14.5 Å². The number of aliphatic hydroxyl groups excluding tert-OH is 1. The van der Waals surface area contributed by atoms with Crippen molar-refractivity contribution in [2.45, 2.75) is 0 Å². The van der Waals surface area contributed by atoms with Gasteiger partial charge >= 0.3 is 5.97 Å². The van der Waals surface area contributed by atoms with Gasteiger partial charge in [0.2, 0.25) is 0 Å². The summed E-state index contributed by atoms with van der Waals surface area (Å²) in [6, 6.07) is 3.32. The number of esters is 1. The van der Waals surface area contributed by atoms with Crippen LogP contribution in [0, 0.1) is 5.82 Å². The predicted molar refractivity (Wildman–Crippen MR) is 73.3 cm³/mol. The Labute approximate surface area is 125 Å². The Morgan fingerprint density at radius 3 is 2.77 bits per heavy atom. The zero-order valence-corrected chi connectivity index (χ0v) is 11.6. The van der Waals surface area contributed by atoms with E-state index in [0.29, 0.717) is 0 Å². The molecule has 0 atom stereocenters. The van der Waals surface area contributed by atoms with Crippen LogP contribution in [0.2, 0.25) is 0 Å². The van der Waals surface area contributed by atoms with Crippen molar-refractivity contribution in [3.63, 3.8) is 0 Å². The zero-order valence-electron chi connectivity index (χ0n) is 11.6. The molecule has 1 aliphatic rings. The van der Waals surface area contributed by atoms with Crippen molar-refractivity contribution in [2.75, 3.05) is 25.6 Å². The Morgan fingerprint density at radius 2 is 2.14 bits per heavy atom. The maximum absolute atomic E-state index is 13.3. The Kier molecular flexibility index (Phi) is 4.52. The fourth-order valence-electron chi connectivity index (χ4n) is 1.96. The standard InChI is InChI=1S/C14H13FN2O5/c1-22-14(21)9-6-8(15)2-3-10(9)16-11-7-12(19)17(4-5-18)13(11)20/h2-3,6-7,16,18H,4-5H2,1H3. The molecule has 2 rings (SSSR count). The van der Waals surface area contributed by atoms with Gasteiger partial charge in [-0.15, -0.1) is 0 Å². The van der Waals surface area contributed by atoms with E-state index in [0.717, 1.165) is 30.2 Å². The molecule has 1 aliphatic heterocycles. The van der Waals surface area contributed by atoms with Gasteiger partial charge in [0.25, 0.3) is 11.8 Å². The maximum Gasteiger partial charge on any atom is 0.340 e. The number of ether oxygens (including phenoxy) is 1. The van der Waals surface area contributed by atoms with Crippen molar-refractivity contribution in [3.05, 3.63) is 41.4 Å². The monoisotopic (exact) mass is 308 g/mol. The van der Waals surface area contributed by atoms with Crippen molar-refractivity contribution in [3.8, 4) is 0 Å². The largest absolute Gasteiger partial charge is 0.465 e. The summed E-state index contributed by atoms with van der Waals surface area (Å²) in [6.45, 7) is -0.491. The molecule has 7 nitrogen and oxygen atoms in total. The number of halogens is 1. The average molecular weight is 308 g/mol. The molecule has 22 heavy (non-hydrogen) atoms. The molecule has 0 fully saturated rings. The molecule has 2 amide bonds. The number of nitrogens with one attached hydrogen (secondary N) is 1. The van der Waals surface area contributed by atoms with Crippen LogP contribution < -0.4 is 5.32 Å². The van der Waals surface area contributed by atoms with E-state index in [4.69, 9.17) is 5.11 Å². The van der Waals surface area contributed by atoms with E-state index in [-0.39, 0.29) is 30.1 Å². The Balaban J connectivity index is 2.29. The molecule has 0 aromatic heterocycles. The quantitative estimate of drug-likeness (QED) is 0.599. The fourth-order valence-corrected chi connectivity index (χ4v) is 1.96. The molecule has 0 bridgehead atoms. The number of rotatable bonds is 5. The Hall–Kier alpha value is -2.74. The molecule has 1 heterocycles. The summed E-state index contributed by atoms with van der Waals surface area (Å²) in [5, 5.41) is 11.4. The lowest BCUT2D eigenvalue weighted by molar-refractivity contribution is -0.137. The Bertz CT molecular complexity index is 671. The molecule has 0 unspecified atom stereocenters. The lowest BCUT2D eigenvalue weighted by Crippen LogP contribution is -2.34. The highest BCUT2D eigenvalue weighted by Gasteiger charge is 2.31. The molecular weight excluding hydrogens is 295 g/mol. The van der Waals surface area contributed by atoms with Crippen molar-refractivity contribution < 1.29 is 28.6 Å². The van der Waals surface area contributed by atoms with Gasteiger partial charge in [0.1, 0.15) is 11.5 Å². The maximum atomic E-state index is 13.3. The third-order valence-corrected chi connectivity index (χ3v) is 2.99. The van der Waals surface area contributed by atoms with Crippen LogP contribution in [0.4, 0.5) is 10.1 Å². The minimum atomic E-state index is -0.786. The molecule has 1 aromatic rings. The smallest absolute Gasteiger partial charge is 0.340 e. The van der Waals surface area contributed by atoms with Gasteiger partial charge in [-0.1, -0.05) is 0 Å². The van der Waals surface area contributed by atoms with Crippen molar-refractivity contribution in [2.24, 2.45) is 0 Å². The van der Waals surface area contributed by atoms with Gasteiger partial charge in [0, 0.05) is 6.08 Å². The number of aliphatic hydroxyl groups is 1. The molecule has 0 saturated carbocycles. The highest BCUT2D eigenvalue weighted by Crippen LogP contribution is 2.22. The number of benzene rings is 1. The first-order valence-corrected chi connectivity index (χ1v) is 6.31. The van der Waals surface area contributed by atoms with E-state index in [9.17, 15) is 18.8 Å². The van der Waals surface area contributed by atoms with Gasteiger partial charge in [0.15, 0.2) is 0 Å². The van der Waals surface area contributed by atoms with Crippen molar-refractivity contribution in [1.82, 2.24) is 4.90 Å². The number of amides is 2. The van der Waals surface area contributed by atoms with Gasteiger partial charge in [-0.2, -0.15) is 0 Å². The number of methoxy groups -OCH3 is 1. The average Bonchev–Trinajstić information content (AvgIpc) is 2.76. The van der Waals surface area contributed by atoms with Crippen LogP contribution in [0.15, 0.2) is 30.0 Å². The van der Waals surface area contributed by atoms with Crippen molar-refractivity contribution >= 4 is 23.5 Å². The summed E-state index contributed by atoms with van der Waals surface area (Å²) < 4.78 is 17.8. The van der Waals surface area contributed by atoms with Crippen molar-refractivity contribution in [1.29, 1.82) is 0 Å². The first-order valence-electron chi connectivity index (χ1n) is 6.31. The van der Waals surface area contributed by atoms with E-state index in [1.807, 2.05) is 0 Å². The Morgan fingerprint density at radius 1 is 1.41 bits per heavy atom. The van der Waals surface area contributed by atoms with Gasteiger partial charge in [-0.05, 0) is 18.2 Å². The van der Waals surface area contributed by atoms with Crippen LogP contribution in [0.3, 0.4) is 0 Å². The van der Waals surface area contributed by atoms with E-state index < -0.39 is 23.6 Å². The van der Waals surface area contributed by atoms with E-state index in [1.165, 1.54) is 6.07 Å². The number of anilines is 1. The molecule has 0 aliphatic carbocycles. The van der Waals surface area contributed by atoms with Crippen LogP contribution in [0.25, 0.3) is 0 Å². The molecule has 0 radical (unpaired) electrons. The minimum Gasteiger partial charge on any atom is -0.465 e. The lowest BCUT2D eigenvalue weighted by Gasteiger charge is -2.14. The van der Waals surface area contributed by atoms with E-state index in [1.54, 1.807) is 0 Å². The molecule has 116 valence electrons.